The van der Waals surface area contributed by atoms with Crippen LogP contribution < -0.4 is 5.32 Å². The van der Waals surface area contributed by atoms with E-state index >= 15 is 0 Å². The second-order valence-electron chi connectivity index (χ2n) is 5.13. The highest BCUT2D eigenvalue weighted by Gasteiger charge is 2.28. The van der Waals surface area contributed by atoms with Crippen molar-refractivity contribution in [3.05, 3.63) is 0 Å². The molecule has 5 nitrogen and oxygen atoms in total. The number of likely N-dealkylation sites (tertiary alicyclic amines) is 1. The Bertz CT molecular complexity index is 299. The smallest absolute Gasteiger partial charge is 0.307 e. The molecule has 1 aliphatic rings. The molecule has 5 heteroatoms. The van der Waals surface area contributed by atoms with Gasteiger partial charge in [0.15, 0.2) is 0 Å². The van der Waals surface area contributed by atoms with Crippen LogP contribution in [0.4, 0.5) is 0 Å². The maximum atomic E-state index is 11.9. The average molecular weight is 256 g/mol. The number of rotatable bonds is 5. The van der Waals surface area contributed by atoms with E-state index in [0.717, 1.165) is 32.5 Å². The summed E-state index contributed by atoms with van der Waals surface area (Å²) in [5, 5.41) is 11.9. The SMILES string of the molecule is CCN1CCC(NC(=O)C(C)C(C)C(=O)O)CC1. The first kappa shape index (κ1) is 15.0. The normalized spacial score (nSPS) is 21.3. The Morgan fingerprint density at radius 1 is 1.28 bits per heavy atom. The number of piperidine rings is 1. The van der Waals surface area contributed by atoms with E-state index in [-0.39, 0.29) is 11.9 Å². The topological polar surface area (TPSA) is 69.6 Å². The molecule has 1 saturated heterocycles. The summed E-state index contributed by atoms with van der Waals surface area (Å²) in [7, 11) is 0. The first-order chi connectivity index (χ1) is 8.45. The third-order valence-electron chi connectivity index (χ3n) is 3.93. The van der Waals surface area contributed by atoms with Crippen LogP contribution >= 0.6 is 0 Å². The minimum absolute atomic E-state index is 0.139. The van der Waals surface area contributed by atoms with Gasteiger partial charge in [0.05, 0.1) is 5.92 Å². The number of nitrogens with one attached hydrogen (secondary N) is 1. The third kappa shape index (κ3) is 3.98. The number of carboxylic acid groups (broad SMARTS) is 1. The molecule has 0 bridgehead atoms. The number of carbonyl (C=O) groups excluding carboxylic acids is 1. The minimum Gasteiger partial charge on any atom is -0.481 e. The van der Waals surface area contributed by atoms with Crippen molar-refractivity contribution in [2.75, 3.05) is 19.6 Å². The van der Waals surface area contributed by atoms with Crippen LogP contribution in [0.1, 0.15) is 33.6 Å². The van der Waals surface area contributed by atoms with Gasteiger partial charge in [0.25, 0.3) is 0 Å². The second kappa shape index (κ2) is 6.73. The summed E-state index contributed by atoms with van der Waals surface area (Å²) >= 11 is 0. The highest BCUT2D eigenvalue weighted by molar-refractivity contribution is 5.84. The molecular weight excluding hydrogens is 232 g/mol. The molecule has 1 fully saturated rings. The Balaban J connectivity index is 2.39. The van der Waals surface area contributed by atoms with Crippen molar-refractivity contribution in [3.63, 3.8) is 0 Å². The van der Waals surface area contributed by atoms with Crippen LogP contribution in [-0.2, 0) is 9.59 Å². The van der Waals surface area contributed by atoms with E-state index in [9.17, 15) is 9.59 Å². The van der Waals surface area contributed by atoms with Gasteiger partial charge in [-0.25, -0.2) is 0 Å². The number of nitrogens with zero attached hydrogens (tertiary/aromatic N) is 1. The molecule has 0 spiro atoms. The van der Waals surface area contributed by atoms with E-state index in [1.807, 2.05) is 0 Å². The van der Waals surface area contributed by atoms with Crippen LogP contribution in [-0.4, -0.2) is 47.6 Å². The standard InChI is InChI=1S/C13H24N2O3/c1-4-15-7-5-11(6-8-15)14-12(16)9(2)10(3)13(17)18/h9-11H,4-8H2,1-3H3,(H,14,16)(H,17,18). The zero-order valence-corrected chi connectivity index (χ0v) is 11.5. The van der Waals surface area contributed by atoms with Crippen LogP contribution in [0.25, 0.3) is 0 Å². The Hall–Kier alpha value is -1.10. The van der Waals surface area contributed by atoms with E-state index < -0.39 is 17.8 Å². The van der Waals surface area contributed by atoms with Gasteiger partial charge < -0.3 is 15.3 Å². The molecular formula is C13H24N2O3. The van der Waals surface area contributed by atoms with Crippen LogP contribution in [0.2, 0.25) is 0 Å². The Kier molecular flexibility index (Phi) is 5.59. The summed E-state index contributed by atoms with van der Waals surface area (Å²) in [6, 6.07) is 0.198. The van der Waals surface area contributed by atoms with Crippen molar-refractivity contribution in [1.82, 2.24) is 10.2 Å². The van der Waals surface area contributed by atoms with Gasteiger partial charge >= 0.3 is 5.97 Å². The molecule has 0 aliphatic carbocycles. The molecule has 1 heterocycles. The first-order valence-corrected chi connectivity index (χ1v) is 6.71. The van der Waals surface area contributed by atoms with Gasteiger partial charge in [-0.05, 0) is 19.4 Å². The van der Waals surface area contributed by atoms with Gasteiger partial charge in [-0.15, -0.1) is 0 Å². The fourth-order valence-electron chi connectivity index (χ4n) is 2.17. The molecule has 1 rings (SSSR count). The third-order valence-corrected chi connectivity index (χ3v) is 3.93. The molecule has 0 aromatic rings. The van der Waals surface area contributed by atoms with Crippen molar-refractivity contribution < 1.29 is 14.7 Å². The van der Waals surface area contributed by atoms with Gasteiger partial charge in [0.1, 0.15) is 0 Å². The van der Waals surface area contributed by atoms with Crippen molar-refractivity contribution in [3.8, 4) is 0 Å². The molecule has 2 N–H and O–H groups in total. The van der Waals surface area contributed by atoms with Crippen LogP contribution in [0.5, 0.6) is 0 Å². The summed E-state index contributed by atoms with van der Waals surface area (Å²) in [6.07, 6.45) is 1.90. The zero-order chi connectivity index (χ0) is 13.7. The van der Waals surface area contributed by atoms with Crippen LogP contribution in [0.3, 0.4) is 0 Å². The fourth-order valence-corrected chi connectivity index (χ4v) is 2.17. The monoisotopic (exact) mass is 256 g/mol. The Morgan fingerprint density at radius 2 is 1.83 bits per heavy atom. The van der Waals surface area contributed by atoms with Gasteiger partial charge in [0.2, 0.25) is 5.91 Å². The lowest BCUT2D eigenvalue weighted by atomic mass is 9.94. The lowest BCUT2D eigenvalue weighted by Crippen LogP contribution is -2.47. The van der Waals surface area contributed by atoms with Gasteiger partial charge in [-0.2, -0.15) is 0 Å². The second-order valence-corrected chi connectivity index (χ2v) is 5.13. The molecule has 0 aromatic heterocycles. The van der Waals surface area contributed by atoms with Gasteiger partial charge in [-0.1, -0.05) is 20.8 Å². The van der Waals surface area contributed by atoms with Gasteiger partial charge in [0, 0.05) is 25.0 Å². The quantitative estimate of drug-likeness (QED) is 0.768. The molecule has 1 amide bonds. The van der Waals surface area contributed by atoms with Gasteiger partial charge in [-0.3, -0.25) is 9.59 Å². The maximum Gasteiger partial charge on any atom is 0.307 e. The van der Waals surface area contributed by atoms with E-state index in [2.05, 4.69) is 17.1 Å². The molecule has 1 aliphatic heterocycles. The largest absolute Gasteiger partial charge is 0.481 e. The zero-order valence-electron chi connectivity index (χ0n) is 11.5. The summed E-state index contributed by atoms with van der Waals surface area (Å²) < 4.78 is 0. The Labute approximate surface area is 109 Å². The lowest BCUT2D eigenvalue weighted by molar-refractivity contribution is -0.146. The number of carbonyl (C=O) groups is 2. The predicted octanol–water partition coefficient (Wildman–Crippen LogP) is 0.944. The Morgan fingerprint density at radius 3 is 2.28 bits per heavy atom. The number of carboxylic acids is 1. The minimum atomic E-state index is -0.918. The predicted molar refractivity (Wildman–Crippen MR) is 69.2 cm³/mol. The molecule has 0 saturated carbocycles. The van der Waals surface area contributed by atoms with Crippen molar-refractivity contribution in [2.45, 2.75) is 39.7 Å². The average Bonchev–Trinajstić information content (AvgIpc) is 2.37. The number of aliphatic carboxylic acids is 1. The van der Waals surface area contributed by atoms with Crippen LogP contribution in [0.15, 0.2) is 0 Å². The molecule has 2 atom stereocenters. The first-order valence-electron chi connectivity index (χ1n) is 6.71. The summed E-state index contributed by atoms with van der Waals surface area (Å²) in [4.78, 5) is 25.1. The molecule has 2 unspecified atom stereocenters. The maximum absolute atomic E-state index is 11.9. The van der Waals surface area contributed by atoms with E-state index in [0.29, 0.717) is 0 Å². The van der Waals surface area contributed by atoms with Crippen molar-refractivity contribution in [1.29, 1.82) is 0 Å². The number of hydrogen-bond acceptors (Lipinski definition) is 3. The molecule has 104 valence electrons. The van der Waals surface area contributed by atoms with Crippen molar-refractivity contribution >= 4 is 11.9 Å². The molecule has 18 heavy (non-hydrogen) atoms. The van der Waals surface area contributed by atoms with E-state index in [4.69, 9.17) is 5.11 Å². The molecule has 0 radical (unpaired) electrons. The highest BCUT2D eigenvalue weighted by Crippen LogP contribution is 2.14. The lowest BCUT2D eigenvalue weighted by Gasteiger charge is -2.32. The van der Waals surface area contributed by atoms with E-state index in [1.165, 1.54) is 0 Å². The molecule has 0 aromatic carbocycles. The summed E-state index contributed by atoms with van der Waals surface area (Å²) in [6.45, 7) is 8.44. The van der Waals surface area contributed by atoms with Crippen LogP contribution in [0, 0.1) is 11.8 Å². The summed E-state index contributed by atoms with van der Waals surface area (Å²) in [5.41, 5.74) is 0. The highest BCUT2D eigenvalue weighted by atomic mass is 16.4. The fraction of sp³-hybridized carbons (Fsp3) is 0.846. The van der Waals surface area contributed by atoms with E-state index in [1.54, 1.807) is 13.8 Å². The number of amides is 1. The van der Waals surface area contributed by atoms with Crippen molar-refractivity contribution in [2.24, 2.45) is 11.8 Å². The summed E-state index contributed by atoms with van der Waals surface area (Å²) in [5.74, 6) is -2.18. The number of hydrogen-bond donors (Lipinski definition) is 2.